The maximum Gasteiger partial charge on any atom is 0.0812 e. The van der Waals surface area contributed by atoms with Gasteiger partial charge in [-0.15, -0.1) is 0 Å². The molecule has 2 nitrogen and oxygen atoms in total. The molecule has 1 aromatic heterocycles. The average Bonchev–Trinajstić information content (AvgIpc) is 2.18. The van der Waals surface area contributed by atoms with E-state index in [-0.39, 0.29) is 0 Å². The molecule has 1 heterocycles. The van der Waals surface area contributed by atoms with Gasteiger partial charge in [-0.1, -0.05) is 25.8 Å². The van der Waals surface area contributed by atoms with Crippen molar-refractivity contribution in [1.29, 1.82) is 0 Å². The number of unbranched alkanes of at least 4 members (excludes halogenated alkanes) is 3. The summed E-state index contributed by atoms with van der Waals surface area (Å²) >= 11 is 0. The summed E-state index contributed by atoms with van der Waals surface area (Å²) in [7, 11) is 0. The molecular weight excluding hydrogens is 172 g/mol. The smallest absolute Gasteiger partial charge is 0.0812 e. The topological polar surface area (TPSA) is 25.8 Å². The zero-order valence-corrected chi connectivity index (χ0v) is 9.03. The summed E-state index contributed by atoms with van der Waals surface area (Å²) < 4.78 is 0. The van der Waals surface area contributed by atoms with E-state index in [0.29, 0.717) is 0 Å². The summed E-state index contributed by atoms with van der Waals surface area (Å²) in [5, 5.41) is 0. The Kier molecular flexibility index (Phi) is 4.90. The Morgan fingerprint density at radius 2 is 2.14 bits per heavy atom. The Labute approximate surface area is 86.1 Å². The molecule has 14 heavy (non-hydrogen) atoms. The number of nitrogens with zero attached hydrogens (tertiary/aromatic N) is 2. The lowest BCUT2D eigenvalue weighted by Gasteiger charge is -1.94. The highest BCUT2D eigenvalue weighted by molar-refractivity contribution is 5.42. The van der Waals surface area contributed by atoms with E-state index in [2.05, 4.69) is 29.0 Å². The fourth-order valence-electron chi connectivity index (χ4n) is 1.28. The van der Waals surface area contributed by atoms with E-state index in [0.717, 1.165) is 17.8 Å². The second kappa shape index (κ2) is 6.30. The second-order valence-corrected chi connectivity index (χ2v) is 3.48. The fourth-order valence-corrected chi connectivity index (χ4v) is 1.28. The van der Waals surface area contributed by atoms with Crippen LogP contribution in [0.3, 0.4) is 0 Å². The first-order chi connectivity index (χ1) is 6.83. The molecule has 0 unspecified atom stereocenters. The Morgan fingerprint density at radius 1 is 1.29 bits per heavy atom. The second-order valence-electron chi connectivity index (χ2n) is 3.48. The van der Waals surface area contributed by atoms with E-state index in [1.165, 1.54) is 19.3 Å². The van der Waals surface area contributed by atoms with E-state index in [1.54, 1.807) is 12.4 Å². The molecule has 1 rings (SSSR count). The summed E-state index contributed by atoms with van der Waals surface area (Å²) in [5.74, 6) is 0. The van der Waals surface area contributed by atoms with Crippen molar-refractivity contribution in [3.63, 3.8) is 0 Å². The van der Waals surface area contributed by atoms with Crippen LogP contribution in [0.5, 0.6) is 0 Å². The van der Waals surface area contributed by atoms with Crippen molar-refractivity contribution >= 4 is 6.08 Å². The first-order valence-electron chi connectivity index (χ1n) is 5.28. The third-order valence-electron chi connectivity index (χ3n) is 2.04. The molecule has 0 saturated heterocycles. The molecule has 0 radical (unpaired) electrons. The minimum Gasteiger partial charge on any atom is -0.261 e. The largest absolute Gasteiger partial charge is 0.261 e. The van der Waals surface area contributed by atoms with Crippen LogP contribution in [-0.4, -0.2) is 9.97 Å². The molecule has 0 aliphatic carbocycles. The van der Waals surface area contributed by atoms with Crippen LogP contribution < -0.4 is 0 Å². The van der Waals surface area contributed by atoms with Crippen molar-refractivity contribution in [3.05, 3.63) is 29.9 Å². The van der Waals surface area contributed by atoms with Crippen LogP contribution in [0.15, 0.2) is 18.5 Å². The average molecular weight is 190 g/mol. The SMILES string of the molecule is CCCCC/C=C/c1cncc(C)n1. The van der Waals surface area contributed by atoms with Gasteiger partial charge in [-0.05, 0) is 25.8 Å². The lowest BCUT2D eigenvalue weighted by molar-refractivity contribution is 0.730. The zero-order chi connectivity index (χ0) is 10.2. The molecule has 0 fully saturated rings. The molecule has 0 atom stereocenters. The molecule has 1 aromatic rings. The van der Waals surface area contributed by atoms with Gasteiger partial charge in [0.2, 0.25) is 0 Å². The van der Waals surface area contributed by atoms with Gasteiger partial charge in [0.15, 0.2) is 0 Å². The van der Waals surface area contributed by atoms with Crippen molar-refractivity contribution < 1.29 is 0 Å². The number of hydrogen-bond acceptors (Lipinski definition) is 2. The maximum atomic E-state index is 4.34. The van der Waals surface area contributed by atoms with Crippen LogP contribution >= 0.6 is 0 Å². The van der Waals surface area contributed by atoms with Gasteiger partial charge in [-0.25, -0.2) is 0 Å². The maximum absolute atomic E-state index is 4.34. The molecule has 0 spiro atoms. The van der Waals surface area contributed by atoms with E-state index in [1.807, 2.05) is 6.92 Å². The number of aryl methyl sites for hydroxylation is 1. The number of rotatable bonds is 5. The first kappa shape index (κ1) is 10.9. The van der Waals surface area contributed by atoms with Crippen molar-refractivity contribution in [1.82, 2.24) is 9.97 Å². The summed E-state index contributed by atoms with van der Waals surface area (Å²) in [4.78, 5) is 8.43. The number of allylic oxidation sites excluding steroid dienone is 1. The minimum absolute atomic E-state index is 0.960. The fraction of sp³-hybridized carbons (Fsp3) is 0.500. The predicted octanol–water partition coefficient (Wildman–Crippen LogP) is 3.38. The van der Waals surface area contributed by atoms with Gasteiger partial charge in [-0.3, -0.25) is 9.97 Å². The Hall–Kier alpha value is -1.18. The third kappa shape index (κ3) is 4.17. The highest BCUT2D eigenvalue weighted by Gasteiger charge is 1.89. The number of hydrogen-bond donors (Lipinski definition) is 0. The quantitative estimate of drug-likeness (QED) is 0.665. The summed E-state index contributed by atoms with van der Waals surface area (Å²) in [6.07, 6.45) is 12.8. The number of aromatic nitrogens is 2. The van der Waals surface area contributed by atoms with Crippen molar-refractivity contribution in [3.8, 4) is 0 Å². The van der Waals surface area contributed by atoms with Crippen LogP contribution in [0.4, 0.5) is 0 Å². The summed E-state index contributed by atoms with van der Waals surface area (Å²) in [6, 6.07) is 0. The van der Waals surface area contributed by atoms with E-state index in [9.17, 15) is 0 Å². The minimum atomic E-state index is 0.960. The van der Waals surface area contributed by atoms with Gasteiger partial charge in [0, 0.05) is 6.20 Å². The summed E-state index contributed by atoms with van der Waals surface area (Å²) in [6.45, 7) is 4.18. The van der Waals surface area contributed by atoms with Crippen LogP contribution in [0.2, 0.25) is 0 Å². The normalized spacial score (nSPS) is 11.0. The van der Waals surface area contributed by atoms with Crippen molar-refractivity contribution in [2.45, 2.75) is 39.5 Å². The molecule has 0 bridgehead atoms. The highest BCUT2D eigenvalue weighted by atomic mass is 14.8. The van der Waals surface area contributed by atoms with E-state index >= 15 is 0 Å². The van der Waals surface area contributed by atoms with Crippen LogP contribution in [-0.2, 0) is 0 Å². The summed E-state index contributed by atoms with van der Waals surface area (Å²) in [5.41, 5.74) is 1.93. The van der Waals surface area contributed by atoms with E-state index < -0.39 is 0 Å². The zero-order valence-electron chi connectivity index (χ0n) is 9.03. The molecule has 76 valence electrons. The van der Waals surface area contributed by atoms with E-state index in [4.69, 9.17) is 0 Å². The molecule has 0 aliphatic heterocycles. The molecule has 0 amide bonds. The van der Waals surface area contributed by atoms with Gasteiger partial charge in [-0.2, -0.15) is 0 Å². The van der Waals surface area contributed by atoms with Gasteiger partial charge < -0.3 is 0 Å². The molecule has 0 aliphatic rings. The molecular formula is C12H18N2. The highest BCUT2D eigenvalue weighted by Crippen LogP contribution is 2.03. The first-order valence-corrected chi connectivity index (χ1v) is 5.28. The molecule has 0 aromatic carbocycles. The Morgan fingerprint density at radius 3 is 2.86 bits per heavy atom. The monoisotopic (exact) mass is 190 g/mol. The van der Waals surface area contributed by atoms with Gasteiger partial charge >= 0.3 is 0 Å². The van der Waals surface area contributed by atoms with Gasteiger partial charge in [0.05, 0.1) is 17.6 Å². The van der Waals surface area contributed by atoms with Crippen LogP contribution in [0.25, 0.3) is 6.08 Å². The Balaban J connectivity index is 2.36. The van der Waals surface area contributed by atoms with Crippen LogP contribution in [0.1, 0.15) is 44.0 Å². The van der Waals surface area contributed by atoms with Crippen molar-refractivity contribution in [2.75, 3.05) is 0 Å². The lowest BCUT2D eigenvalue weighted by atomic mass is 10.2. The van der Waals surface area contributed by atoms with Crippen molar-refractivity contribution in [2.24, 2.45) is 0 Å². The lowest BCUT2D eigenvalue weighted by Crippen LogP contribution is -1.86. The predicted molar refractivity (Wildman–Crippen MR) is 59.9 cm³/mol. The molecule has 0 saturated carbocycles. The third-order valence-corrected chi connectivity index (χ3v) is 2.04. The van der Waals surface area contributed by atoms with Crippen LogP contribution in [0, 0.1) is 6.92 Å². The molecule has 0 N–H and O–H groups in total. The van der Waals surface area contributed by atoms with Gasteiger partial charge in [0.1, 0.15) is 0 Å². The van der Waals surface area contributed by atoms with Gasteiger partial charge in [0.25, 0.3) is 0 Å². The Bertz CT molecular complexity index is 292. The molecule has 2 heteroatoms. The standard InChI is InChI=1S/C12H18N2/c1-3-4-5-6-7-8-12-10-13-9-11(2)14-12/h7-10H,3-6H2,1-2H3/b8-7+.